The first-order chi connectivity index (χ1) is 8.34. The highest BCUT2D eigenvalue weighted by Crippen LogP contribution is 2.32. The number of methoxy groups -OCH3 is 1. The maximum Gasteiger partial charge on any atom is 0.416 e. The molecule has 0 heterocycles. The summed E-state index contributed by atoms with van der Waals surface area (Å²) in [6, 6.07) is 5.04. The molecule has 0 aromatic heterocycles. The van der Waals surface area contributed by atoms with E-state index in [0.717, 1.165) is 12.1 Å². The Hall–Kier alpha value is -1.17. The smallest absolute Gasteiger partial charge is 0.416 e. The number of alkyl halides is 3. The quantitative estimate of drug-likeness (QED) is 0.621. The van der Waals surface area contributed by atoms with Crippen LogP contribution in [-0.2, 0) is 15.7 Å². The highest BCUT2D eigenvalue weighted by atomic mass is 32.2. The highest BCUT2D eigenvalue weighted by molar-refractivity contribution is 7.99. The fourth-order valence-electron chi connectivity index (χ4n) is 1.25. The summed E-state index contributed by atoms with van der Waals surface area (Å²) >= 11 is 1.20. The Morgan fingerprint density at radius 2 is 2.11 bits per heavy atom. The van der Waals surface area contributed by atoms with Crippen LogP contribution < -0.4 is 0 Å². The molecule has 0 aliphatic rings. The van der Waals surface area contributed by atoms with Gasteiger partial charge in [0.05, 0.1) is 18.6 Å². The SMILES string of the molecule is COC(=O)C(C)CSc1cccc(C(F)(F)F)c1. The minimum atomic E-state index is -4.34. The zero-order valence-electron chi connectivity index (χ0n) is 9.95. The summed E-state index contributed by atoms with van der Waals surface area (Å²) in [6.07, 6.45) is -4.34. The van der Waals surface area contributed by atoms with Gasteiger partial charge >= 0.3 is 12.1 Å². The van der Waals surface area contributed by atoms with Gasteiger partial charge in [0.25, 0.3) is 0 Å². The van der Waals surface area contributed by atoms with Crippen molar-refractivity contribution in [2.24, 2.45) is 5.92 Å². The fourth-order valence-corrected chi connectivity index (χ4v) is 2.22. The molecule has 1 aromatic rings. The molecule has 100 valence electrons. The number of hydrogen-bond acceptors (Lipinski definition) is 3. The third kappa shape index (κ3) is 4.25. The van der Waals surface area contributed by atoms with Crippen molar-refractivity contribution in [1.29, 1.82) is 0 Å². The molecule has 0 spiro atoms. The first kappa shape index (κ1) is 14.9. The molecule has 0 amide bonds. The number of benzene rings is 1. The summed E-state index contributed by atoms with van der Waals surface area (Å²) in [5.74, 6) is -0.336. The number of hydrogen-bond donors (Lipinski definition) is 0. The van der Waals surface area contributed by atoms with E-state index in [2.05, 4.69) is 4.74 Å². The van der Waals surface area contributed by atoms with Gasteiger partial charge < -0.3 is 4.74 Å². The van der Waals surface area contributed by atoms with E-state index < -0.39 is 11.7 Å². The van der Waals surface area contributed by atoms with Gasteiger partial charge in [-0.25, -0.2) is 0 Å². The van der Waals surface area contributed by atoms with Gasteiger partial charge in [-0.2, -0.15) is 13.2 Å². The van der Waals surface area contributed by atoms with E-state index >= 15 is 0 Å². The highest BCUT2D eigenvalue weighted by Gasteiger charge is 2.30. The monoisotopic (exact) mass is 278 g/mol. The van der Waals surface area contributed by atoms with Crippen molar-refractivity contribution in [3.8, 4) is 0 Å². The van der Waals surface area contributed by atoms with E-state index in [9.17, 15) is 18.0 Å². The van der Waals surface area contributed by atoms with E-state index in [4.69, 9.17) is 0 Å². The minimum Gasteiger partial charge on any atom is -0.469 e. The van der Waals surface area contributed by atoms with Crippen molar-refractivity contribution in [2.45, 2.75) is 18.0 Å². The molecule has 18 heavy (non-hydrogen) atoms. The Morgan fingerprint density at radius 1 is 1.44 bits per heavy atom. The summed E-state index contributed by atoms with van der Waals surface area (Å²) in [6.45, 7) is 1.67. The van der Waals surface area contributed by atoms with Crippen molar-refractivity contribution in [3.05, 3.63) is 29.8 Å². The molecule has 0 saturated heterocycles. The average Bonchev–Trinajstić information content (AvgIpc) is 2.34. The molecule has 0 saturated carbocycles. The number of thioether (sulfide) groups is 1. The van der Waals surface area contributed by atoms with Gasteiger partial charge in [0.1, 0.15) is 0 Å². The number of esters is 1. The molecule has 1 aromatic carbocycles. The molecule has 2 nitrogen and oxygen atoms in total. The van der Waals surface area contributed by atoms with Crippen LogP contribution >= 0.6 is 11.8 Å². The maximum atomic E-state index is 12.5. The van der Waals surface area contributed by atoms with Gasteiger partial charge in [-0.05, 0) is 18.2 Å². The van der Waals surface area contributed by atoms with E-state index in [-0.39, 0.29) is 11.9 Å². The van der Waals surface area contributed by atoms with Crippen LogP contribution in [0.5, 0.6) is 0 Å². The molecule has 0 radical (unpaired) electrons. The minimum absolute atomic E-state index is 0.352. The van der Waals surface area contributed by atoms with Crippen LogP contribution in [0.4, 0.5) is 13.2 Å². The van der Waals surface area contributed by atoms with Gasteiger partial charge in [0, 0.05) is 10.6 Å². The van der Waals surface area contributed by atoms with Crippen LogP contribution in [0.3, 0.4) is 0 Å². The lowest BCUT2D eigenvalue weighted by atomic mass is 10.2. The first-order valence-corrected chi connectivity index (χ1v) is 6.21. The summed E-state index contributed by atoms with van der Waals surface area (Å²) in [4.78, 5) is 11.6. The van der Waals surface area contributed by atoms with E-state index in [0.29, 0.717) is 10.6 Å². The lowest BCUT2D eigenvalue weighted by Gasteiger charge is -2.10. The van der Waals surface area contributed by atoms with Crippen molar-refractivity contribution in [1.82, 2.24) is 0 Å². The topological polar surface area (TPSA) is 26.3 Å². The van der Waals surface area contributed by atoms with Crippen LogP contribution in [0, 0.1) is 5.92 Å². The summed E-state index contributed by atoms with van der Waals surface area (Å²) in [5, 5.41) is 0. The average molecular weight is 278 g/mol. The number of carbonyl (C=O) groups is 1. The molecule has 0 N–H and O–H groups in total. The Labute approximate surface area is 108 Å². The summed E-state index contributed by atoms with van der Waals surface area (Å²) in [5.41, 5.74) is -0.682. The van der Waals surface area contributed by atoms with Gasteiger partial charge in [0.15, 0.2) is 0 Å². The first-order valence-electron chi connectivity index (χ1n) is 5.22. The molecule has 0 bridgehead atoms. The molecule has 1 atom stereocenters. The van der Waals surface area contributed by atoms with Crippen LogP contribution in [0.15, 0.2) is 29.2 Å². The normalized spacial score (nSPS) is 13.2. The predicted molar refractivity (Wildman–Crippen MR) is 63.3 cm³/mol. The van der Waals surface area contributed by atoms with Crippen molar-refractivity contribution in [3.63, 3.8) is 0 Å². The molecule has 1 rings (SSSR count). The Kier molecular flexibility index (Phi) is 5.07. The van der Waals surface area contributed by atoms with Crippen LogP contribution in [-0.4, -0.2) is 18.8 Å². The van der Waals surface area contributed by atoms with Gasteiger partial charge in [-0.1, -0.05) is 13.0 Å². The molecule has 0 aliphatic carbocycles. The largest absolute Gasteiger partial charge is 0.469 e. The Morgan fingerprint density at radius 3 is 2.67 bits per heavy atom. The van der Waals surface area contributed by atoms with Crippen molar-refractivity contribution >= 4 is 17.7 Å². The van der Waals surface area contributed by atoms with Crippen molar-refractivity contribution in [2.75, 3.05) is 12.9 Å². The number of halogens is 3. The third-order valence-electron chi connectivity index (χ3n) is 2.26. The molecule has 6 heteroatoms. The zero-order valence-corrected chi connectivity index (χ0v) is 10.8. The second-order valence-corrected chi connectivity index (χ2v) is 4.85. The molecule has 0 aliphatic heterocycles. The zero-order chi connectivity index (χ0) is 13.8. The lowest BCUT2D eigenvalue weighted by Crippen LogP contribution is -2.14. The van der Waals surface area contributed by atoms with E-state index in [1.165, 1.54) is 24.9 Å². The molecule has 1 unspecified atom stereocenters. The molecular weight excluding hydrogens is 265 g/mol. The van der Waals surface area contributed by atoms with Gasteiger partial charge in [-0.3, -0.25) is 4.79 Å². The standard InChI is InChI=1S/C12H13F3O2S/c1-8(11(16)17-2)7-18-10-5-3-4-9(6-10)12(13,14)15/h3-6,8H,7H2,1-2H3. The van der Waals surface area contributed by atoms with Crippen LogP contribution in [0.2, 0.25) is 0 Å². The third-order valence-corrected chi connectivity index (χ3v) is 3.52. The van der Waals surface area contributed by atoms with Crippen molar-refractivity contribution < 1.29 is 22.7 Å². The van der Waals surface area contributed by atoms with E-state index in [1.807, 2.05) is 0 Å². The molecule has 0 fully saturated rings. The second kappa shape index (κ2) is 6.13. The van der Waals surface area contributed by atoms with Crippen LogP contribution in [0.25, 0.3) is 0 Å². The summed E-state index contributed by atoms with van der Waals surface area (Å²) < 4.78 is 41.9. The fraction of sp³-hybridized carbons (Fsp3) is 0.417. The lowest BCUT2D eigenvalue weighted by molar-refractivity contribution is -0.144. The summed E-state index contributed by atoms with van der Waals surface area (Å²) in [7, 11) is 1.29. The van der Waals surface area contributed by atoms with E-state index in [1.54, 1.807) is 13.0 Å². The number of carbonyl (C=O) groups excluding carboxylic acids is 1. The number of ether oxygens (including phenoxy) is 1. The van der Waals surface area contributed by atoms with Crippen LogP contribution in [0.1, 0.15) is 12.5 Å². The Balaban J connectivity index is 2.66. The number of rotatable bonds is 4. The Bertz CT molecular complexity index is 418. The van der Waals surface area contributed by atoms with Gasteiger partial charge in [-0.15, -0.1) is 11.8 Å². The molecular formula is C12H13F3O2S. The maximum absolute atomic E-state index is 12.5. The predicted octanol–water partition coefficient (Wildman–Crippen LogP) is 3.61. The second-order valence-electron chi connectivity index (χ2n) is 3.76. The van der Waals surface area contributed by atoms with Gasteiger partial charge in [0.2, 0.25) is 0 Å².